The van der Waals surface area contributed by atoms with Crippen molar-refractivity contribution in [3.05, 3.63) is 34.1 Å². The minimum atomic E-state index is -0.269. The van der Waals surface area contributed by atoms with Crippen LogP contribution in [0, 0.1) is 5.82 Å². The van der Waals surface area contributed by atoms with Crippen molar-refractivity contribution in [3.63, 3.8) is 0 Å². The fourth-order valence-corrected chi connectivity index (χ4v) is 1.73. The van der Waals surface area contributed by atoms with Crippen LogP contribution in [0.15, 0.2) is 27.8 Å². The van der Waals surface area contributed by atoms with Crippen molar-refractivity contribution < 1.29 is 9.60 Å². The third kappa shape index (κ3) is 3.79. The lowest BCUT2D eigenvalue weighted by Crippen LogP contribution is -2.30. The van der Waals surface area contributed by atoms with Crippen molar-refractivity contribution in [1.29, 1.82) is 0 Å². The van der Waals surface area contributed by atoms with E-state index in [1.165, 1.54) is 6.07 Å². The van der Waals surface area contributed by atoms with Gasteiger partial charge in [0.05, 0.1) is 6.54 Å². The van der Waals surface area contributed by atoms with Crippen LogP contribution in [0.4, 0.5) is 4.39 Å². The number of amidine groups is 1. The highest BCUT2D eigenvalue weighted by atomic mass is 79.9. The lowest BCUT2D eigenvalue weighted by molar-refractivity contribution is 0.307. The van der Waals surface area contributed by atoms with Gasteiger partial charge in [0, 0.05) is 16.6 Å². The predicted octanol–water partition coefficient (Wildman–Crippen LogP) is 1.77. The number of likely N-dealkylation sites (N-methyl/N-ethyl adjacent to an activating group) is 1. The third-order valence-corrected chi connectivity index (χ3v) is 2.50. The van der Waals surface area contributed by atoms with E-state index in [-0.39, 0.29) is 18.2 Å². The Hall–Kier alpha value is -1.14. The number of benzene rings is 1. The maximum Gasteiger partial charge on any atom is 0.153 e. The van der Waals surface area contributed by atoms with Gasteiger partial charge in [-0.1, -0.05) is 21.1 Å². The number of hydrogen-bond donors (Lipinski definition) is 2. The standard InChI is InChI=1S/C10H13BrFN3O/c1-15(6-10(13)14-16)5-7-4-8(11)2-3-9(7)12/h2-4,16H,5-6H2,1H3,(H2,13,14). The zero-order valence-corrected chi connectivity index (χ0v) is 10.4. The van der Waals surface area contributed by atoms with E-state index in [1.807, 2.05) is 0 Å². The molecule has 0 bridgehead atoms. The van der Waals surface area contributed by atoms with Crippen LogP contribution in [0.1, 0.15) is 5.56 Å². The molecule has 0 unspecified atom stereocenters. The summed E-state index contributed by atoms with van der Waals surface area (Å²) in [7, 11) is 1.76. The summed E-state index contributed by atoms with van der Waals surface area (Å²) in [5.41, 5.74) is 5.91. The van der Waals surface area contributed by atoms with Gasteiger partial charge in [-0.25, -0.2) is 4.39 Å². The summed E-state index contributed by atoms with van der Waals surface area (Å²) in [4.78, 5) is 1.75. The van der Waals surface area contributed by atoms with Crippen LogP contribution >= 0.6 is 15.9 Å². The zero-order chi connectivity index (χ0) is 12.1. The summed E-state index contributed by atoms with van der Waals surface area (Å²) in [6.07, 6.45) is 0. The molecule has 0 aliphatic rings. The molecule has 88 valence electrons. The van der Waals surface area contributed by atoms with Gasteiger partial charge in [0.15, 0.2) is 5.84 Å². The first-order valence-corrected chi connectivity index (χ1v) is 5.41. The maximum atomic E-state index is 13.4. The molecule has 16 heavy (non-hydrogen) atoms. The molecule has 0 radical (unpaired) electrons. The minimum Gasteiger partial charge on any atom is -0.409 e. The Balaban J connectivity index is 2.69. The Morgan fingerprint density at radius 3 is 2.94 bits per heavy atom. The lowest BCUT2D eigenvalue weighted by Gasteiger charge is -2.16. The molecular formula is C10H13BrFN3O. The van der Waals surface area contributed by atoms with Crippen LogP contribution in [0.5, 0.6) is 0 Å². The monoisotopic (exact) mass is 289 g/mol. The molecule has 0 spiro atoms. The van der Waals surface area contributed by atoms with E-state index < -0.39 is 0 Å². The van der Waals surface area contributed by atoms with Gasteiger partial charge in [-0.2, -0.15) is 0 Å². The number of nitrogens with two attached hydrogens (primary N) is 1. The molecule has 0 fully saturated rings. The number of halogens is 2. The second kappa shape index (κ2) is 5.81. The van der Waals surface area contributed by atoms with Crippen molar-refractivity contribution in [2.24, 2.45) is 10.9 Å². The third-order valence-electron chi connectivity index (χ3n) is 2.01. The van der Waals surface area contributed by atoms with Crippen molar-refractivity contribution in [2.75, 3.05) is 13.6 Å². The Bertz CT molecular complexity index is 398. The van der Waals surface area contributed by atoms with Gasteiger partial charge in [0.25, 0.3) is 0 Å². The molecule has 0 amide bonds. The normalized spacial score (nSPS) is 12.1. The Labute approximate surface area is 102 Å². The first kappa shape index (κ1) is 12.9. The van der Waals surface area contributed by atoms with Gasteiger partial charge in [-0.15, -0.1) is 0 Å². The molecular weight excluding hydrogens is 277 g/mol. The van der Waals surface area contributed by atoms with Crippen molar-refractivity contribution in [2.45, 2.75) is 6.54 Å². The Morgan fingerprint density at radius 2 is 2.31 bits per heavy atom. The Morgan fingerprint density at radius 1 is 1.62 bits per heavy atom. The average Bonchev–Trinajstić information content (AvgIpc) is 2.23. The second-order valence-electron chi connectivity index (χ2n) is 3.50. The summed E-state index contributed by atoms with van der Waals surface area (Å²) in [5, 5.41) is 11.3. The van der Waals surface area contributed by atoms with Crippen LogP contribution in [0.3, 0.4) is 0 Å². The van der Waals surface area contributed by atoms with Gasteiger partial charge >= 0.3 is 0 Å². The van der Waals surface area contributed by atoms with Crippen LogP contribution in [-0.2, 0) is 6.54 Å². The van der Waals surface area contributed by atoms with Gasteiger partial charge in [0.2, 0.25) is 0 Å². The molecule has 0 aliphatic carbocycles. The molecule has 1 aromatic carbocycles. The van der Waals surface area contributed by atoms with Gasteiger partial charge in [-0.05, 0) is 25.2 Å². The summed E-state index contributed by atoms with van der Waals surface area (Å²) >= 11 is 3.28. The quantitative estimate of drug-likeness (QED) is 0.384. The topological polar surface area (TPSA) is 61.8 Å². The predicted molar refractivity (Wildman–Crippen MR) is 63.8 cm³/mol. The SMILES string of the molecule is CN(CC(N)=NO)Cc1cc(Br)ccc1F. The molecule has 3 N–H and O–H groups in total. The molecule has 6 heteroatoms. The molecule has 0 aromatic heterocycles. The molecule has 0 saturated heterocycles. The maximum absolute atomic E-state index is 13.4. The fourth-order valence-electron chi connectivity index (χ4n) is 1.32. The van der Waals surface area contributed by atoms with Crippen molar-refractivity contribution >= 4 is 21.8 Å². The Kier molecular flexibility index (Phi) is 4.70. The van der Waals surface area contributed by atoms with E-state index in [1.54, 1.807) is 24.1 Å². The van der Waals surface area contributed by atoms with E-state index in [4.69, 9.17) is 10.9 Å². The largest absolute Gasteiger partial charge is 0.409 e. The molecule has 0 atom stereocenters. The molecule has 0 heterocycles. The lowest BCUT2D eigenvalue weighted by atomic mass is 10.2. The smallest absolute Gasteiger partial charge is 0.153 e. The fraction of sp³-hybridized carbons (Fsp3) is 0.300. The van der Waals surface area contributed by atoms with Crippen LogP contribution in [0.25, 0.3) is 0 Å². The molecule has 0 aliphatic heterocycles. The molecule has 4 nitrogen and oxygen atoms in total. The highest BCUT2D eigenvalue weighted by Gasteiger charge is 2.07. The second-order valence-corrected chi connectivity index (χ2v) is 4.42. The van der Waals surface area contributed by atoms with Gasteiger partial charge in [0.1, 0.15) is 5.82 Å². The zero-order valence-electron chi connectivity index (χ0n) is 8.82. The number of oxime groups is 1. The number of rotatable bonds is 4. The molecule has 1 aromatic rings. The van der Waals surface area contributed by atoms with Crippen LogP contribution in [-0.4, -0.2) is 29.5 Å². The molecule has 1 rings (SSSR count). The molecule has 0 saturated carbocycles. The van der Waals surface area contributed by atoms with E-state index >= 15 is 0 Å². The van der Waals surface area contributed by atoms with Gasteiger partial charge < -0.3 is 10.9 Å². The van der Waals surface area contributed by atoms with E-state index in [9.17, 15) is 4.39 Å². The number of nitrogens with zero attached hydrogens (tertiary/aromatic N) is 2. The number of hydrogen-bond acceptors (Lipinski definition) is 3. The first-order chi connectivity index (χ1) is 7.52. The highest BCUT2D eigenvalue weighted by molar-refractivity contribution is 9.10. The summed E-state index contributed by atoms with van der Waals surface area (Å²) in [6, 6.07) is 4.75. The van der Waals surface area contributed by atoms with Crippen LogP contribution < -0.4 is 5.73 Å². The van der Waals surface area contributed by atoms with Crippen molar-refractivity contribution in [1.82, 2.24) is 4.90 Å². The van der Waals surface area contributed by atoms with Gasteiger partial charge in [-0.3, -0.25) is 4.90 Å². The first-order valence-electron chi connectivity index (χ1n) is 4.62. The summed E-state index contributed by atoms with van der Waals surface area (Å²) in [6.45, 7) is 0.671. The van der Waals surface area contributed by atoms with E-state index in [0.717, 1.165) is 4.47 Å². The summed E-state index contributed by atoms with van der Waals surface area (Å²) in [5.74, 6) is -0.174. The summed E-state index contributed by atoms with van der Waals surface area (Å²) < 4.78 is 14.2. The van der Waals surface area contributed by atoms with Crippen molar-refractivity contribution in [3.8, 4) is 0 Å². The average molecular weight is 290 g/mol. The highest BCUT2D eigenvalue weighted by Crippen LogP contribution is 2.16. The van der Waals surface area contributed by atoms with Crippen LogP contribution in [0.2, 0.25) is 0 Å². The van der Waals surface area contributed by atoms with E-state index in [0.29, 0.717) is 12.1 Å². The van der Waals surface area contributed by atoms with E-state index in [2.05, 4.69) is 21.1 Å². The minimum absolute atomic E-state index is 0.0953.